The second-order valence-corrected chi connectivity index (χ2v) is 5.88. The van der Waals surface area contributed by atoms with Gasteiger partial charge in [0.15, 0.2) is 17.5 Å². The summed E-state index contributed by atoms with van der Waals surface area (Å²) in [6.45, 7) is -0.118. The number of fused-ring (bicyclic) bond motifs is 1. The second-order valence-electron chi connectivity index (χ2n) is 4.92. The van der Waals surface area contributed by atoms with Crippen LogP contribution in [0.4, 0.5) is 5.82 Å². The lowest BCUT2D eigenvalue weighted by Gasteiger charge is -2.09. The summed E-state index contributed by atoms with van der Waals surface area (Å²) in [5, 5.41) is 0.246. The molecule has 0 saturated heterocycles. The highest BCUT2D eigenvalue weighted by atomic mass is 32.2. The van der Waals surface area contributed by atoms with Gasteiger partial charge in [0.05, 0.1) is 18.4 Å². The number of ketones is 2. The highest BCUT2D eigenvalue weighted by Crippen LogP contribution is 2.37. The van der Waals surface area contributed by atoms with E-state index in [-0.39, 0.29) is 51.8 Å². The van der Waals surface area contributed by atoms with Gasteiger partial charge >= 0.3 is 0 Å². The molecule has 9 heteroatoms. The predicted molar refractivity (Wildman–Crippen MR) is 87.1 cm³/mol. The van der Waals surface area contributed by atoms with E-state index in [0.717, 1.165) is 17.8 Å². The Kier molecular flexibility index (Phi) is 4.26. The molecule has 0 radical (unpaired) electrons. The fourth-order valence-corrected chi connectivity index (χ4v) is 3.08. The number of carbonyl (C=O) groups excluding carboxylic acids is 2. The van der Waals surface area contributed by atoms with Gasteiger partial charge in [-0.25, -0.2) is 4.98 Å². The Hall–Kier alpha value is -2.81. The van der Waals surface area contributed by atoms with Gasteiger partial charge in [-0.1, -0.05) is 11.8 Å². The molecule has 1 aliphatic rings. The molecule has 0 unspecified atom stereocenters. The second kappa shape index (κ2) is 6.36. The third-order valence-corrected chi connectivity index (χ3v) is 4.22. The minimum absolute atomic E-state index is 0.00269. The number of carbonyl (C=O) groups is 2. The topological polar surface area (TPSA) is 124 Å². The third kappa shape index (κ3) is 2.98. The van der Waals surface area contributed by atoms with E-state index >= 15 is 0 Å². The monoisotopic (exact) mass is 347 g/mol. The normalized spacial score (nSPS) is 12.6. The van der Waals surface area contributed by atoms with E-state index in [2.05, 4.69) is 9.97 Å². The summed E-state index contributed by atoms with van der Waals surface area (Å²) in [7, 11) is 1.44. The lowest BCUT2D eigenvalue weighted by Crippen LogP contribution is -2.11. The Bertz CT molecular complexity index is 893. The molecule has 1 aromatic heterocycles. The smallest absolute Gasteiger partial charge is 0.253 e. The quantitative estimate of drug-likeness (QED) is 0.464. The van der Waals surface area contributed by atoms with Crippen LogP contribution in [0, 0.1) is 0 Å². The Morgan fingerprint density at radius 1 is 1.46 bits per heavy atom. The number of anilines is 1. The molecular weight excluding hydrogens is 334 g/mol. The molecule has 3 N–H and O–H groups in total. The number of Topliss-reactive ketones (excluding diaryl/α,β-unsaturated/α-hetero) is 2. The zero-order valence-corrected chi connectivity index (χ0v) is 13.4. The fraction of sp³-hybridized carbons (Fsp3) is 0.200. The zero-order chi connectivity index (χ0) is 17.3. The van der Waals surface area contributed by atoms with Gasteiger partial charge in [0.2, 0.25) is 5.78 Å². The number of benzene rings is 1. The van der Waals surface area contributed by atoms with Crippen molar-refractivity contribution in [1.82, 2.24) is 9.97 Å². The number of rotatable bonds is 5. The van der Waals surface area contributed by atoms with Gasteiger partial charge in [0.25, 0.3) is 5.56 Å². The number of methoxy groups -OCH3 is 1. The molecule has 1 aromatic carbocycles. The molecule has 2 heterocycles. The van der Waals surface area contributed by atoms with Gasteiger partial charge < -0.3 is 20.2 Å². The van der Waals surface area contributed by atoms with E-state index in [1.165, 1.54) is 7.11 Å². The molecule has 24 heavy (non-hydrogen) atoms. The van der Waals surface area contributed by atoms with Crippen LogP contribution >= 0.6 is 11.8 Å². The van der Waals surface area contributed by atoms with E-state index in [1.807, 2.05) is 0 Å². The molecule has 2 aromatic rings. The van der Waals surface area contributed by atoms with Crippen molar-refractivity contribution in [1.29, 1.82) is 0 Å². The Morgan fingerprint density at radius 3 is 2.96 bits per heavy atom. The highest BCUT2D eigenvalue weighted by Gasteiger charge is 2.30. The van der Waals surface area contributed by atoms with E-state index in [9.17, 15) is 14.4 Å². The first-order valence-electron chi connectivity index (χ1n) is 6.89. The van der Waals surface area contributed by atoms with Crippen molar-refractivity contribution in [3.63, 3.8) is 0 Å². The number of hydrogen-bond acceptors (Lipinski definition) is 8. The van der Waals surface area contributed by atoms with Crippen LogP contribution in [0.25, 0.3) is 0 Å². The molecule has 124 valence electrons. The number of aromatic amines is 1. The molecular formula is C15H13N3O5S. The predicted octanol–water partition coefficient (Wildman–Crippen LogP) is 0.911. The van der Waals surface area contributed by atoms with Crippen molar-refractivity contribution in [2.75, 3.05) is 25.2 Å². The summed E-state index contributed by atoms with van der Waals surface area (Å²) in [5.41, 5.74) is 5.67. The van der Waals surface area contributed by atoms with Gasteiger partial charge in [-0.2, -0.15) is 0 Å². The number of H-pyrrole nitrogens is 1. The number of nitrogens with zero attached hydrogens (tertiary/aromatic N) is 1. The van der Waals surface area contributed by atoms with Gasteiger partial charge in [-0.15, -0.1) is 0 Å². The maximum atomic E-state index is 12.4. The molecule has 0 saturated carbocycles. The number of aromatic nitrogens is 2. The zero-order valence-electron chi connectivity index (χ0n) is 12.6. The Balaban J connectivity index is 1.84. The largest absolute Gasteiger partial charge is 0.496 e. The van der Waals surface area contributed by atoms with Crippen LogP contribution in [0.1, 0.15) is 20.7 Å². The lowest BCUT2D eigenvalue weighted by atomic mass is 10.0. The fourth-order valence-electron chi connectivity index (χ4n) is 2.31. The molecule has 8 nitrogen and oxygen atoms in total. The van der Waals surface area contributed by atoms with Crippen LogP contribution in [-0.4, -0.2) is 41.0 Å². The third-order valence-electron chi connectivity index (χ3n) is 3.35. The van der Waals surface area contributed by atoms with Crippen molar-refractivity contribution < 1.29 is 19.1 Å². The number of thioether (sulfide) groups is 1. The van der Waals surface area contributed by atoms with Crippen LogP contribution in [0.2, 0.25) is 0 Å². The summed E-state index contributed by atoms with van der Waals surface area (Å²) in [6, 6.07) is 4.26. The first-order valence-corrected chi connectivity index (χ1v) is 7.88. The molecule has 0 atom stereocenters. The number of nitrogens with one attached hydrogen (secondary N) is 1. The van der Waals surface area contributed by atoms with Crippen LogP contribution in [0.3, 0.4) is 0 Å². The summed E-state index contributed by atoms with van der Waals surface area (Å²) >= 11 is 1.04. The van der Waals surface area contributed by atoms with Crippen molar-refractivity contribution >= 4 is 29.1 Å². The van der Waals surface area contributed by atoms with Crippen LogP contribution < -0.4 is 20.8 Å². The van der Waals surface area contributed by atoms with Crippen LogP contribution in [0.15, 0.2) is 28.2 Å². The Morgan fingerprint density at radius 2 is 2.25 bits per heavy atom. The lowest BCUT2D eigenvalue weighted by molar-refractivity contribution is 0.0954. The molecule has 0 bridgehead atoms. The summed E-state index contributed by atoms with van der Waals surface area (Å²) in [4.78, 5) is 42.1. The van der Waals surface area contributed by atoms with E-state index in [4.69, 9.17) is 15.2 Å². The minimum atomic E-state index is -0.392. The number of ether oxygens (including phenoxy) is 2. The number of nitrogens with two attached hydrogens (primary N) is 1. The van der Waals surface area contributed by atoms with Gasteiger partial charge in [0.1, 0.15) is 22.9 Å². The standard InChI is InChI=1S/C15H13N3O5S/c1-22-10-3-2-7(14-13(10)8(19)5-23-14)9(20)6-24-15-17-11(16)4-12(21)18-15/h2-4H,5-6H2,1H3,(H3,16,17,18,21). The maximum absolute atomic E-state index is 12.4. The average molecular weight is 347 g/mol. The molecule has 1 aliphatic heterocycles. The maximum Gasteiger partial charge on any atom is 0.253 e. The Labute approximate surface area is 140 Å². The first-order chi connectivity index (χ1) is 11.5. The number of hydrogen-bond donors (Lipinski definition) is 2. The summed E-state index contributed by atoms with van der Waals surface area (Å²) < 4.78 is 10.5. The molecule has 0 spiro atoms. The average Bonchev–Trinajstić information content (AvgIpc) is 2.93. The van der Waals surface area contributed by atoms with Crippen molar-refractivity contribution in [2.45, 2.75) is 5.16 Å². The SMILES string of the molecule is COc1ccc(C(=O)CSc2nc(N)cc(=O)[nH]2)c2c1C(=O)CO2. The van der Waals surface area contributed by atoms with E-state index < -0.39 is 5.56 Å². The van der Waals surface area contributed by atoms with Gasteiger partial charge in [0, 0.05) is 6.07 Å². The molecule has 0 amide bonds. The van der Waals surface area contributed by atoms with Crippen molar-refractivity contribution in [2.24, 2.45) is 0 Å². The van der Waals surface area contributed by atoms with E-state index in [0.29, 0.717) is 5.75 Å². The van der Waals surface area contributed by atoms with E-state index in [1.54, 1.807) is 12.1 Å². The van der Waals surface area contributed by atoms with Crippen LogP contribution in [0.5, 0.6) is 11.5 Å². The van der Waals surface area contributed by atoms with Gasteiger partial charge in [-0.3, -0.25) is 14.4 Å². The molecule has 0 fully saturated rings. The minimum Gasteiger partial charge on any atom is -0.496 e. The summed E-state index contributed by atoms with van der Waals surface area (Å²) in [6.07, 6.45) is 0. The highest BCUT2D eigenvalue weighted by molar-refractivity contribution is 7.99. The molecule has 3 rings (SSSR count). The molecule has 0 aliphatic carbocycles. The van der Waals surface area contributed by atoms with Gasteiger partial charge in [-0.05, 0) is 12.1 Å². The number of nitrogen functional groups attached to an aromatic ring is 1. The van der Waals surface area contributed by atoms with Crippen molar-refractivity contribution in [3.05, 3.63) is 39.7 Å². The summed E-state index contributed by atoms with van der Waals surface area (Å²) in [5.74, 6) is 0.193. The first kappa shape index (κ1) is 16.1. The van der Waals surface area contributed by atoms with Crippen molar-refractivity contribution in [3.8, 4) is 11.5 Å². The van der Waals surface area contributed by atoms with Crippen LogP contribution in [-0.2, 0) is 0 Å².